The van der Waals surface area contributed by atoms with E-state index in [1.807, 2.05) is 44.2 Å². The van der Waals surface area contributed by atoms with Crippen LogP contribution in [0.25, 0.3) is 0 Å². The summed E-state index contributed by atoms with van der Waals surface area (Å²) in [5, 5.41) is 0. The third-order valence-corrected chi connectivity index (χ3v) is 7.13. The van der Waals surface area contributed by atoms with E-state index in [0.717, 1.165) is 5.56 Å². The molecule has 3 rings (SSSR count). The highest BCUT2D eigenvalue weighted by atomic mass is 32.2. The number of carbonyl (C=O) groups excluding carboxylic acids is 2. The fourth-order valence-electron chi connectivity index (χ4n) is 3.33. The smallest absolute Gasteiger partial charge is 0.338 e. The maximum Gasteiger partial charge on any atom is 0.338 e. The third-order valence-electron chi connectivity index (χ3n) is 5.33. The standard InChI is InChI=1S/C26H28N2O5S/c1-20(2)28(18-21-10-6-4-7-11-21)25(29)19-33-26(30)22-14-16-24(17-15-22)34(31,32)27(3)23-12-8-5-9-13-23/h4-17,20H,18-19H2,1-3H3. The van der Waals surface area contributed by atoms with Gasteiger partial charge in [0.15, 0.2) is 6.61 Å². The van der Waals surface area contributed by atoms with E-state index in [1.54, 1.807) is 35.2 Å². The number of hydrogen-bond donors (Lipinski definition) is 0. The number of nitrogens with zero attached hydrogens (tertiary/aromatic N) is 2. The summed E-state index contributed by atoms with van der Waals surface area (Å²) in [6.45, 7) is 3.81. The molecular formula is C26H28N2O5S. The molecule has 0 atom stereocenters. The van der Waals surface area contributed by atoms with E-state index in [-0.39, 0.29) is 22.4 Å². The molecule has 7 nitrogen and oxygen atoms in total. The summed E-state index contributed by atoms with van der Waals surface area (Å²) >= 11 is 0. The highest BCUT2D eigenvalue weighted by Crippen LogP contribution is 2.22. The molecule has 0 aliphatic rings. The second-order valence-electron chi connectivity index (χ2n) is 8.01. The lowest BCUT2D eigenvalue weighted by Crippen LogP contribution is -2.39. The zero-order chi connectivity index (χ0) is 24.7. The Balaban J connectivity index is 1.63. The first-order valence-corrected chi connectivity index (χ1v) is 12.3. The van der Waals surface area contributed by atoms with Crippen LogP contribution in [0.2, 0.25) is 0 Å². The molecule has 178 valence electrons. The van der Waals surface area contributed by atoms with Crippen LogP contribution in [-0.2, 0) is 26.1 Å². The summed E-state index contributed by atoms with van der Waals surface area (Å²) < 4.78 is 32.1. The minimum absolute atomic E-state index is 0.0420. The van der Waals surface area contributed by atoms with Gasteiger partial charge in [-0.1, -0.05) is 48.5 Å². The van der Waals surface area contributed by atoms with E-state index in [1.165, 1.54) is 35.6 Å². The summed E-state index contributed by atoms with van der Waals surface area (Å²) in [6, 6.07) is 23.6. The molecule has 0 spiro atoms. The van der Waals surface area contributed by atoms with E-state index in [9.17, 15) is 18.0 Å². The number of benzene rings is 3. The van der Waals surface area contributed by atoms with Crippen LogP contribution in [0.4, 0.5) is 5.69 Å². The summed E-state index contributed by atoms with van der Waals surface area (Å²) in [5.41, 5.74) is 1.66. The van der Waals surface area contributed by atoms with Crippen molar-refractivity contribution < 1.29 is 22.7 Å². The minimum atomic E-state index is -3.79. The second-order valence-corrected chi connectivity index (χ2v) is 9.98. The highest BCUT2D eigenvalue weighted by Gasteiger charge is 2.23. The van der Waals surface area contributed by atoms with Gasteiger partial charge in [-0.05, 0) is 55.8 Å². The van der Waals surface area contributed by atoms with Crippen LogP contribution in [0, 0.1) is 0 Å². The van der Waals surface area contributed by atoms with Crippen LogP contribution in [0.3, 0.4) is 0 Å². The van der Waals surface area contributed by atoms with Gasteiger partial charge in [-0.15, -0.1) is 0 Å². The van der Waals surface area contributed by atoms with Crippen molar-refractivity contribution in [3.05, 3.63) is 96.1 Å². The van der Waals surface area contributed by atoms with Crippen LogP contribution >= 0.6 is 0 Å². The first-order valence-electron chi connectivity index (χ1n) is 10.8. The number of esters is 1. The average molecular weight is 481 g/mol. The van der Waals surface area contributed by atoms with Crippen LogP contribution in [0.15, 0.2) is 89.8 Å². The van der Waals surface area contributed by atoms with Gasteiger partial charge in [0, 0.05) is 19.6 Å². The first kappa shape index (κ1) is 25.0. The Kier molecular flexibility index (Phi) is 8.07. The summed E-state index contributed by atoms with van der Waals surface area (Å²) in [7, 11) is -2.32. The Morgan fingerprint density at radius 3 is 1.97 bits per heavy atom. The van der Waals surface area contributed by atoms with Gasteiger partial charge in [0.2, 0.25) is 0 Å². The predicted molar refractivity (Wildman–Crippen MR) is 131 cm³/mol. The second kappa shape index (κ2) is 11.0. The van der Waals surface area contributed by atoms with Gasteiger partial charge in [-0.2, -0.15) is 0 Å². The number of para-hydroxylation sites is 1. The molecule has 0 aliphatic carbocycles. The van der Waals surface area contributed by atoms with Gasteiger partial charge in [0.25, 0.3) is 15.9 Å². The lowest BCUT2D eigenvalue weighted by atomic mass is 10.2. The van der Waals surface area contributed by atoms with Crippen molar-refractivity contribution in [3.63, 3.8) is 0 Å². The van der Waals surface area contributed by atoms with Gasteiger partial charge < -0.3 is 9.64 Å². The highest BCUT2D eigenvalue weighted by molar-refractivity contribution is 7.92. The molecule has 34 heavy (non-hydrogen) atoms. The lowest BCUT2D eigenvalue weighted by molar-refractivity contribution is -0.136. The minimum Gasteiger partial charge on any atom is -0.452 e. The Morgan fingerprint density at radius 1 is 0.853 bits per heavy atom. The molecule has 0 heterocycles. The maximum absolute atomic E-state index is 12.9. The number of hydrogen-bond acceptors (Lipinski definition) is 5. The first-order chi connectivity index (χ1) is 16.2. The zero-order valence-corrected chi connectivity index (χ0v) is 20.2. The topological polar surface area (TPSA) is 84.0 Å². The van der Waals surface area contributed by atoms with E-state index in [4.69, 9.17) is 4.74 Å². The normalized spacial score (nSPS) is 11.2. The number of anilines is 1. The van der Waals surface area contributed by atoms with Crippen molar-refractivity contribution in [2.45, 2.75) is 31.3 Å². The molecule has 1 amide bonds. The number of ether oxygens (including phenoxy) is 1. The van der Waals surface area contributed by atoms with Gasteiger partial charge in [-0.25, -0.2) is 13.2 Å². The van der Waals surface area contributed by atoms with Crippen molar-refractivity contribution >= 4 is 27.6 Å². The van der Waals surface area contributed by atoms with Crippen molar-refractivity contribution in [1.82, 2.24) is 4.90 Å². The van der Waals surface area contributed by atoms with E-state index in [2.05, 4.69) is 0 Å². The fourth-order valence-corrected chi connectivity index (χ4v) is 4.53. The lowest BCUT2D eigenvalue weighted by Gasteiger charge is -2.26. The fraction of sp³-hybridized carbons (Fsp3) is 0.231. The summed E-state index contributed by atoms with van der Waals surface area (Å²) in [6.07, 6.45) is 0. The van der Waals surface area contributed by atoms with Crippen LogP contribution in [0.5, 0.6) is 0 Å². The quantitative estimate of drug-likeness (QED) is 0.431. The molecular weight excluding hydrogens is 452 g/mol. The molecule has 3 aromatic carbocycles. The number of amides is 1. The molecule has 0 aromatic heterocycles. The summed E-state index contributed by atoms with van der Waals surface area (Å²) in [5.74, 6) is -1.01. The molecule has 0 saturated carbocycles. The number of sulfonamides is 1. The molecule has 0 N–H and O–H groups in total. The number of carbonyl (C=O) groups is 2. The SMILES string of the molecule is CC(C)N(Cc1ccccc1)C(=O)COC(=O)c1ccc(S(=O)(=O)N(C)c2ccccc2)cc1. The van der Waals surface area contributed by atoms with Crippen molar-refractivity contribution in [3.8, 4) is 0 Å². The molecule has 0 unspecified atom stereocenters. The van der Waals surface area contributed by atoms with Gasteiger partial charge >= 0.3 is 5.97 Å². The van der Waals surface area contributed by atoms with Crippen molar-refractivity contribution in [2.24, 2.45) is 0 Å². The van der Waals surface area contributed by atoms with Gasteiger partial charge in [-0.3, -0.25) is 9.10 Å². The van der Waals surface area contributed by atoms with Crippen LogP contribution in [-0.4, -0.2) is 44.9 Å². The van der Waals surface area contributed by atoms with E-state index < -0.39 is 22.6 Å². The Bertz CT molecular complexity index is 1210. The van der Waals surface area contributed by atoms with Gasteiger partial charge in [0.05, 0.1) is 16.1 Å². The molecule has 0 saturated heterocycles. The van der Waals surface area contributed by atoms with Gasteiger partial charge in [0.1, 0.15) is 0 Å². The Hall–Kier alpha value is -3.65. The Labute approximate surface area is 200 Å². The molecule has 0 bridgehead atoms. The Morgan fingerprint density at radius 2 is 1.41 bits per heavy atom. The van der Waals surface area contributed by atoms with Crippen molar-refractivity contribution in [2.75, 3.05) is 18.0 Å². The predicted octanol–water partition coefficient (Wildman–Crippen LogP) is 4.11. The van der Waals surface area contributed by atoms with E-state index >= 15 is 0 Å². The summed E-state index contributed by atoms with van der Waals surface area (Å²) in [4.78, 5) is 26.8. The average Bonchev–Trinajstić information content (AvgIpc) is 2.86. The molecule has 3 aromatic rings. The molecule has 8 heteroatoms. The third kappa shape index (κ3) is 6.02. The molecule has 0 aliphatic heterocycles. The number of rotatable bonds is 9. The zero-order valence-electron chi connectivity index (χ0n) is 19.4. The largest absolute Gasteiger partial charge is 0.452 e. The maximum atomic E-state index is 12.9. The molecule has 0 fully saturated rings. The monoisotopic (exact) mass is 480 g/mol. The molecule has 0 radical (unpaired) electrons. The van der Waals surface area contributed by atoms with E-state index in [0.29, 0.717) is 12.2 Å². The van der Waals surface area contributed by atoms with Crippen LogP contribution in [0.1, 0.15) is 29.8 Å². The van der Waals surface area contributed by atoms with Crippen molar-refractivity contribution in [1.29, 1.82) is 0 Å². The van der Waals surface area contributed by atoms with Crippen LogP contribution < -0.4 is 4.31 Å².